The van der Waals surface area contributed by atoms with Gasteiger partial charge in [0.1, 0.15) is 0 Å². The summed E-state index contributed by atoms with van der Waals surface area (Å²) in [6.07, 6.45) is 3.47. The van der Waals surface area contributed by atoms with E-state index < -0.39 is 5.97 Å². The maximum absolute atomic E-state index is 11.1. The molecule has 17 heavy (non-hydrogen) atoms. The number of para-hydroxylation sites is 1. The van der Waals surface area contributed by atoms with Crippen molar-refractivity contribution in [2.45, 2.75) is 33.1 Å². The van der Waals surface area contributed by atoms with E-state index in [9.17, 15) is 4.79 Å². The lowest BCUT2D eigenvalue weighted by atomic mass is 10.1. The number of rotatable bonds is 7. The maximum atomic E-state index is 11.1. The van der Waals surface area contributed by atoms with Crippen molar-refractivity contribution in [1.82, 2.24) is 0 Å². The molecule has 1 aromatic carbocycles. The highest BCUT2D eigenvalue weighted by Gasteiger charge is 2.13. The third-order valence-corrected chi connectivity index (χ3v) is 2.89. The third-order valence-electron chi connectivity index (χ3n) is 2.89. The van der Waals surface area contributed by atoms with Crippen molar-refractivity contribution in [3.63, 3.8) is 0 Å². The van der Waals surface area contributed by atoms with Gasteiger partial charge in [-0.3, -0.25) is 0 Å². The molecule has 94 valence electrons. The molecule has 0 bridgehead atoms. The molecule has 3 nitrogen and oxygen atoms in total. The molecule has 0 aliphatic carbocycles. The molecule has 0 aliphatic heterocycles. The van der Waals surface area contributed by atoms with Gasteiger partial charge in [0.15, 0.2) is 0 Å². The number of carboxylic acid groups (broad SMARTS) is 1. The van der Waals surface area contributed by atoms with Crippen LogP contribution < -0.4 is 4.90 Å². The fourth-order valence-corrected chi connectivity index (χ4v) is 1.93. The molecule has 0 saturated heterocycles. The van der Waals surface area contributed by atoms with Crippen LogP contribution in [0.3, 0.4) is 0 Å². The highest BCUT2D eigenvalue weighted by atomic mass is 16.4. The van der Waals surface area contributed by atoms with E-state index in [2.05, 4.69) is 18.7 Å². The van der Waals surface area contributed by atoms with Gasteiger partial charge in [0.05, 0.1) is 11.3 Å². The van der Waals surface area contributed by atoms with E-state index in [0.29, 0.717) is 5.56 Å². The summed E-state index contributed by atoms with van der Waals surface area (Å²) in [6, 6.07) is 7.22. The predicted octanol–water partition coefficient (Wildman–Crippen LogP) is 3.40. The van der Waals surface area contributed by atoms with Crippen LogP contribution in [0.15, 0.2) is 24.3 Å². The molecule has 1 N–H and O–H groups in total. The molecule has 0 amide bonds. The van der Waals surface area contributed by atoms with Crippen molar-refractivity contribution < 1.29 is 9.90 Å². The SMILES string of the molecule is CCCCCN(CC)c1ccccc1C(=O)O. The molecule has 0 aromatic heterocycles. The Morgan fingerprint density at radius 2 is 1.94 bits per heavy atom. The minimum absolute atomic E-state index is 0.394. The van der Waals surface area contributed by atoms with Crippen molar-refractivity contribution in [3.8, 4) is 0 Å². The third kappa shape index (κ3) is 3.77. The Morgan fingerprint density at radius 1 is 1.24 bits per heavy atom. The van der Waals surface area contributed by atoms with Gasteiger partial charge in [0, 0.05) is 13.1 Å². The van der Waals surface area contributed by atoms with Gasteiger partial charge in [-0.15, -0.1) is 0 Å². The first-order valence-electron chi connectivity index (χ1n) is 6.28. The highest BCUT2D eigenvalue weighted by Crippen LogP contribution is 2.20. The Bertz CT molecular complexity index is 363. The summed E-state index contributed by atoms with van der Waals surface area (Å²) in [6.45, 7) is 5.99. The predicted molar refractivity (Wildman–Crippen MR) is 70.8 cm³/mol. The quantitative estimate of drug-likeness (QED) is 0.736. The van der Waals surface area contributed by atoms with Gasteiger partial charge in [0.25, 0.3) is 0 Å². The summed E-state index contributed by atoms with van der Waals surface area (Å²) in [5.74, 6) is -0.852. The van der Waals surface area contributed by atoms with Crippen molar-refractivity contribution in [2.75, 3.05) is 18.0 Å². The maximum Gasteiger partial charge on any atom is 0.337 e. The smallest absolute Gasteiger partial charge is 0.337 e. The first-order chi connectivity index (χ1) is 8.20. The highest BCUT2D eigenvalue weighted by molar-refractivity contribution is 5.94. The van der Waals surface area contributed by atoms with Gasteiger partial charge < -0.3 is 10.0 Å². The summed E-state index contributed by atoms with van der Waals surface area (Å²) in [5, 5.41) is 9.15. The molecule has 3 heteroatoms. The van der Waals surface area contributed by atoms with Gasteiger partial charge in [-0.05, 0) is 25.5 Å². The Balaban J connectivity index is 2.83. The van der Waals surface area contributed by atoms with Crippen molar-refractivity contribution in [2.24, 2.45) is 0 Å². The summed E-state index contributed by atoms with van der Waals surface area (Å²) in [7, 11) is 0. The second-order valence-corrected chi connectivity index (χ2v) is 4.11. The van der Waals surface area contributed by atoms with E-state index in [1.807, 2.05) is 12.1 Å². The van der Waals surface area contributed by atoms with Crippen molar-refractivity contribution in [1.29, 1.82) is 0 Å². The summed E-state index contributed by atoms with van der Waals surface area (Å²) in [4.78, 5) is 13.3. The van der Waals surface area contributed by atoms with E-state index in [0.717, 1.165) is 25.2 Å². The Labute approximate surface area is 103 Å². The van der Waals surface area contributed by atoms with Crippen LogP contribution in [-0.4, -0.2) is 24.2 Å². The van der Waals surface area contributed by atoms with Gasteiger partial charge in [-0.1, -0.05) is 31.9 Å². The minimum atomic E-state index is -0.852. The lowest BCUT2D eigenvalue weighted by Crippen LogP contribution is -2.25. The average molecular weight is 235 g/mol. The number of carbonyl (C=O) groups is 1. The summed E-state index contributed by atoms with van der Waals surface area (Å²) < 4.78 is 0. The monoisotopic (exact) mass is 235 g/mol. The number of hydrogen-bond acceptors (Lipinski definition) is 2. The molecule has 0 fully saturated rings. The molecule has 0 radical (unpaired) electrons. The molecule has 1 rings (SSSR count). The summed E-state index contributed by atoms with van der Waals surface area (Å²) >= 11 is 0. The van der Waals surface area contributed by atoms with E-state index in [-0.39, 0.29) is 0 Å². The zero-order chi connectivity index (χ0) is 12.7. The number of hydrogen-bond donors (Lipinski definition) is 1. The van der Waals surface area contributed by atoms with Crippen LogP contribution in [0.1, 0.15) is 43.5 Å². The van der Waals surface area contributed by atoms with Crippen LogP contribution in [0.2, 0.25) is 0 Å². The Hall–Kier alpha value is -1.51. The average Bonchev–Trinajstić information content (AvgIpc) is 2.35. The van der Waals surface area contributed by atoms with Crippen LogP contribution in [0.4, 0.5) is 5.69 Å². The van der Waals surface area contributed by atoms with Crippen molar-refractivity contribution >= 4 is 11.7 Å². The normalized spacial score (nSPS) is 10.2. The second-order valence-electron chi connectivity index (χ2n) is 4.11. The number of anilines is 1. The first-order valence-corrected chi connectivity index (χ1v) is 6.28. The van der Waals surface area contributed by atoms with E-state index >= 15 is 0 Å². The zero-order valence-electron chi connectivity index (χ0n) is 10.6. The van der Waals surface area contributed by atoms with Crippen LogP contribution in [0.5, 0.6) is 0 Å². The van der Waals surface area contributed by atoms with Crippen LogP contribution in [0, 0.1) is 0 Å². The number of aromatic carboxylic acids is 1. The fourth-order valence-electron chi connectivity index (χ4n) is 1.93. The largest absolute Gasteiger partial charge is 0.478 e. The number of carboxylic acids is 1. The van der Waals surface area contributed by atoms with Crippen LogP contribution >= 0.6 is 0 Å². The molecule has 0 spiro atoms. The minimum Gasteiger partial charge on any atom is -0.478 e. The van der Waals surface area contributed by atoms with Gasteiger partial charge in [0.2, 0.25) is 0 Å². The van der Waals surface area contributed by atoms with Gasteiger partial charge in [-0.2, -0.15) is 0 Å². The zero-order valence-corrected chi connectivity index (χ0v) is 10.6. The number of benzene rings is 1. The molecular weight excluding hydrogens is 214 g/mol. The molecule has 0 heterocycles. The molecule has 1 aromatic rings. The van der Waals surface area contributed by atoms with E-state index in [1.165, 1.54) is 12.8 Å². The van der Waals surface area contributed by atoms with Gasteiger partial charge in [-0.25, -0.2) is 4.79 Å². The number of nitrogens with zero attached hydrogens (tertiary/aromatic N) is 1. The van der Waals surface area contributed by atoms with E-state index in [4.69, 9.17) is 5.11 Å². The lowest BCUT2D eigenvalue weighted by Gasteiger charge is -2.24. The Morgan fingerprint density at radius 3 is 2.53 bits per heavy atom. The van der Waals surface area contributed by atoms with E-state index in [1.54, 1.807) is 12.1 Å². The molecule has 0 saturated carbocycles. The molecule has 0 aliphatic rings. The Kier molecular flexibility index (Phi) is 5.53. The standard InChI is InChI=1S/C14H21NO2/c1-3-5-8-11-15(4-2)13-10-7-6-9-12(13)14(16)17/h6-7,9-10H,3-5,8,11H2,1-2H3,(H,16,17). The second kappa shape index (κ2) is 6.94. The lowest BCUT2D eigenvalue weighted by molar-refractivity contribution is 0.0697. The summed E-state index contributed by atoms with van der Waals surface area (Å²) in [5.41, 5.74) is 1.23. The number of unbranched alkanes of at least 4 members (excludes halogenated alkanes) is 2. The van der Waals surface area contributed by atoms with Gasteiger partial charge >= 0.3 is 5.97 Å². The molecular formula is C14H21NO2. The first kappa shape index (κ1) is 13.6. The fraction of sp³-hybridized carbons (Fsp3) is 0.500. The topological polar surface area (TPSA) is 40.5 Å². The van der Waals surface area contributed by atoms with Crippen LogP contribution in [-0.2, 0) is 0 Å². The molecule has 0 unspecified atom stereocenters. The van der Waals surface area contributed by atoms with Crippen molar-refractivity contribution in [3.05, 3.63) is 29.8 Å². The van der Waals surface area contributed by atoms with Crippen LogP contribution in [0.25, 0.3) is 0 Å². The molecule has 0 atom stereocenters.